The summed E-state index contributed by atoms with van der Waals surface area (Å²) < 4.78 is 21.9. The molecular formula is C23H29FN4O3. The summed E-state index contributed by atoms with van der Waals surface area (Å²) in [5, 5.41) is 7.34. The van der Waals surface area contributed by atoms with Crippen LogP contribution in [0.15, 0.2) is 24.3 Å². The number of hydrogen-bond donors (Lipinski definition) is 1. The second-order valence-electron chi connectivity index (χ2n) is 8.82. The summed E-state index contributed by atoms with van der Waals surface area (Å²) in [5.74, 6) is -0.592. The molecule has 1 N–H and O–H groups in total. The molecular weight excluding hydrogens is 399 g/mol. The van der Waals surface area contributed by atoms with Crippen LogP contribution in [0.2, 0.25) is 0 Å². The van der Waals surface area contributed by atoms with Crippen LogP contribution in [-0.4, -0.2) is 51.2 Å². The number of carbonyl (C=O) groups excluding carboxylic acids is 2. The molecule has 2 aliphatic heterocycles. The van der Waals surface area contributed by atoms with Gasteiger partial charge in [-0.1, -0.05) is 18.2 Å². The van der Waals surface area contributed by atoms with Crippen LogP contribution in [-0.2, 0) is 36.0 Å². The zero-order chi connectivity index (χ0) is 22.2. The van der Waals surface area contributed by atoms with Crippen molar-refractivity contribution in [2.75, 3.05) is 13.1 Å². The highest BCUT2D eigenvalue weighted by Gasteiger charge is 2.42. The third kappa shape index (κ3) is 4.35. The summed E-state index contributed by atoms with van der Waals surface area (Å²) in [6.07, 6.45) is 2.14. The van der Waals surface area contributed by atoms with Gasteiger partial charge in [0.1, 0.15) is 5.82 Å². The van der Waals surface area contributed by atoms with Crippen molar-refractivity contribution in [2.45, 2.75) is 57.8 Å². The highest BCUT2D eigenvalue weighted by Crippen LogP contribution is 2.37. The molecule has 1 aromatic carbocycles. The molecule has 1 aromatic heterocycles. The number of likely N-dealkylation sites (tertiary alicyclic amines) is 1. The van der Waals surface area contributed by atoms with Crippen molar-refractivity contribution in [1.82, 2.24) is 20.0 Å². The number of nitrogens with one attached hydrogen (secondary N) is 1. The van der Waals surface area contributed by atoms with Gasteiger partial charge in [0.15, 0.2) is 5.69 Å². The van der Waals surface area contributed by atoms with E-state index in [4.69, 9.17) is 4.74 Å². The van der Waals surface area contributed by atoms with E-state index < -0.39 is 0 Å². The van der Waals surface area contributed by atoms with Gasteiger partial charge in [0.2, 0.25) is 5.91 Å². The minimum absolute atomic E-state index is 0.0345. The number of ether oxygens (including phenoxy) is 1. The van der Waals surface area contributed by atoms with Gasteiger partial charge in [-0.05, 0) is 38.3 Å². The Kier molecular flexibility index (Phi) is 5.83. The van der Waals surface area contributed by atoms with Crippen LogP contribution in [0.4, 0.5) is 4.39 Å². The first kappa shape index (κ1) is 21.5. The topological polar surface area (TPSA) is 76.5 Å². The number of aromatic nitrogens is 2. The average Bonchev–Trinajstić information content (AvgIpc) is 3.05. The predicted molar refractivity (Wildman–Crippen MR) is 113 cm³/mol. The Bertz CT molecular complexity index is 993. The molecule has 2 amide bonds. The van der Waals surface area contributed by atoms with Crippen molar-refractivity contribution in [2.24, 2.45) is 7.05 Å². The summed E-state index contributed by atoms with van der Waals surface area (Å²) in [7, 11) is 1.86. The summed E-state index contributed by atoms with van der Waals surface area (Å²) in [6, 6.07) is 6.43. The Hall–Kier alpha value is -2.74. The molecule has 3 heterocycles. The van der Waals surface area contributed by atoms with E-state index in [2.05, 4.69) is 10.4 Å². The number of halogens is 1. The van der Waals surface area contributed by atoms with Gasteiger partial charge in [0.25, 0.3) is 5.91 Å². The Morgan fingerprint density at radius 3 is 2.65 bits per heavy atom. The normalized spacial score (nSPS) is 17.6. The first-order chi connectivity index (χ1) is 14.8. The van der Waals surface area contributed by atoms with Gasteiger partial charge in [-0.2, -0.15) is 5.10 Å². The van der Waals surface area contributed by atoms with Gasteiger partial charge >= 0.3 is 0 Å². The van der Waals surface area contributed by atoms with Crippen LogP contribution in [0, 0.1) is 5.82 Å². The molecule has 1 spiro atoms. The number of fused-ring (bicyclic) bond motifs is 1. The molecule has 1 saturated heterocycles. The molecule has 4 rings (SSSR count). The van der Waals surface area contributed by atoms with Crippen LogP contribution in [0.1, 0.15) is 54.0 Å². The van der Waals surface area contributed by atoms with Crippen LogP contribution in [0.3, 0.4) is 0 Å². The maximum absolute atomic E-state index is 13.9. The summed E-state index contributed by atoms with van der Waals surface area (Å²) in [5.41, 5.74) is 2.36. The van der Waals surface area contributed by atoms with E-state index >= 15 is 0 Å². The van der Waals surface area contributed by atoms with Gasteiger partial charge in [0, 0.05) is 43.9 Å². The average molecular weight is 429 g/mol. The maximum Gasteiger partial charge on any atom is 0.272 e. The minimum atomic E-state index is -0.360. The second kappa shape index (κ2) is 8.42. The molecule has 0 atom stereocenters. The van der Waals surface area contributed by atoms with E-state index in [1.807, 2.05) is 20.9 Å². The quantitative estimate of drug-likeness (QED) is 0.811. The van der Waals surface area contributed by atoms with Crippen LogP contribution >= 0.6 is 0 Å². The van der Waals surface area contributed by atoms with Crippen molar-refractivity contribution in [3.63, 3.8) is 0 Å². The van der Waals surface area contributed by atoms with Gasteiger partial charge in [-0.25, -0.2) is 4.39 Å². The van der Waals surface area contributed by atoms with E-state index in [9.17, 15) is 14.0 Å². The molecule has 7 nitrogen and oxygen atoms in total. The van der Waals surface area contributed by atoms with Crippen LogP contribution in [0.25, 0.3) is 0 Å². The first-order valence-electron chi connectivity index (χ1n) is 10.8. The van der Waals surface area contributed by atoms with Crippen LogP contribution < -0.4 is 5.32 Å². The standard InChI is InChI=1S/C23H29FN4O3/c1-15(2)25-22(30)21-17-14-31-23(13-19(17)27(3)26-21)8-10-28(11-9-23)20(29)12-16-6-4-5-7-18(16)24/h4-7,15H,8-14H2,1-3H3,(H,25,30). The second-order valence-corrected chi connectivity index (χ2v) is 8.82. The minimum Gasteiger partial charge on any atom is -0.370 e. The van der Waals surface area contributed by atoms with Crippen molar-refractivity contribution in [1.29, 1.82) is 0 Å². The van der Waals surface area contributed by atoms with Crippen molar-refractivity contribution < 1.29 is 18.7 Å². The van der Waals surface area contributed by atoms with Gasteiger partial charge < -0.3 is 15.0 Å². The molecule has 1 fully saturated rings. The lowest BCUT2D eigenvalue weighted by Gasteiger charge is -2.44. The van der Waals surface area contributed by atoms with E-state index in [-0.39, 0.29) is 35.7 Å². The summed E-state index contributed by atoms with van der Waals surface area (Å²) in [4.78, 5) is 26.9. The molecule has 0 radical (unpaired) electrons. The Balaban J connectivity index is 1.41. The fraction of sp³-hybridized carbons (Fsp3) is 0.522. The lowest BCUT2D eigenvalue weighted by molar-refractivity contribution is -0.140. The number of carbonyl (C=O) groups is 2. The van der Waals surface area contributed by atoms with Crippen LogP contribution in [0.5, 0.6) is 0 Å². The Morgan fingerprint density at radius 1 is 1.26 bits per heavy atom. The largest absolute Gasteiger partial charge is 0.370 e. The molecule has 0 bridgehead atoms. The smallest absolute Gasteiger partial charge is 0.272 e. The number of rotatable bonds is 4. The fourth-order valence-corrected chi connectivity index (χ4v) is 4.47. The third-order valence-corrected chi connectivity index (χ3v) is 6.25. The molecule has 0 aliphatic carbocycles. The number of nitrogens with zero attached hydrogens (tertiary/aromatic N) is 3. The molecule has 0 saturated carbocycles. The highest BCUT2D eigenvalue weighted by atomic mass is 19.1. The molecule has 31 heavy (non-hydrogen) atoms. The lowest BCUT2D eigenvalue weighted by atomic mass is 9.83. The Labute approximate surface area is 181 Å². The first-order valence-corrected chi connectivity index (χ1v) is 10.8. The predicted octanol–water partition coefficient (Wildman–Crippen LogP) is 2.37. The molecule has 0 unspecified atom stereocenters. The number of piperidine rings is 1. The lowest BCUT2D eigenvalue weighted by Crippen LogP contribution is -2.51. The van der Waals surface area contributed by atoms with Gasteiger partial charge in [0.05, 0.1) is 18.6 Å². The SMILES string of the molecule is CC(C)NC(=O)c1nn(C)c2c1COC1(CCN(C(=O)Cc3ccccc3F)CC1)C2. The zero-order valence-corrected chi connectivity index (χ0v) is 18.3. The van der Waals surface area contributed by atoms with Crippen molar-refractivity contribution in [3.05, 3.63) is 52.6 Å². The Morgan fingerprint density at radius 2 is 1.97 bits per heavy atom. The van der Waals surface area contributed by atoms with Crippen molar-refractivity contribution in [3.8, 4) is 0 Å². The number of hydrogen-bond acceptors (Lipinski definition) is 4. The summed E-state index contributed by atoms with van der Waals surface area (Å²) in [6.45, 7) is 5.32. The number of aryl methyl sites for hydroxylation is 1. The number of amides is 2. The molecule has 8 heteroatoms. The maximum atomic E-state index is 13.9. The van der Waals surface area contributed by atoms with E-state index in [1.54, 1.807) is 27.8 Å². The highest BCUT2D eigenvalue weighted by molar-refractivity contribution is 5.94. The zero-order valence-electron chi connectivity index (χ0n) is 18.3. The molecule has 2 aliphatic rings. The van der Waals surface area contributed by atoms with E-state index in [0.29, 0.717) is 50.2 Å². The molecule has 166 valence electrons. The van der Waals surface area contributed by atoms with E-state index in [1.165, 1.54) is 6.07 Å². The third-order valence-electron chi connectivity index (χ3n) is 6.25. The molecule has 2 aromatic rings. The summed E-state index contributed by atoms with van der Waals surface area (Å²) >= 11 is 0. The fourth-order valence-electron chi connectivity index (χ4n) is 4.47. The van der Waals surface area contributed by atoms with Gasteiger partial charge in [-0.15, -0.1) is 0 Å². The van der Waals surface area contributed by atoms with E-state index in [0.717, 1.165) is 11.3 Å². The number of benzene rings is 1. The monoisotopic (exact) mass is 428 g/mol. The van der Waals surface area contributed by atoms with Crippen molar-refractivity contribution >= 4 is 11.8 Å². The van der Waals surface area contributed by atoms with Gasteiger partial charge in [-0.3, -0.25) is 14.3 Å².